The normalized spacial score (nSPS) is 19.6. The van der Waals surface area contributed by atoms with Crippen molar-refractivity contribution in [2.24, 2.45) is 0 Å². The van der Waals surface area contributed by atoms with E-state index in [9.17, 15) is 14.4 Å². The van der Waals surface area contributed by atoms with Gasteiger partial charge in [-0.2, -0.15) is 0 Å². The number of carboxylic acids is 2. The van der Waals surface area contributed by atoms with E-state index >= 15 is 0 Å². The van der Waals surface area contributed by atoms with Gasteiger partial charge in [0.25, 0.3) is 0 Å². The summed E-state index contributed by atoms with van der Waals surface area (Å²) in [7, 11) is 0. The second-order valence-electron chi connectivity index (χ2n) is 5.05. The molecular weight excluding hydrogens is 278 g/mol. The molecule has 1 unspecified atom stereocenters. The topological polar surface area (TPSA) is 110 Å². The average Bonchev–Trinajstić information content (AvgIpc) is 2.88. The third-order valence-electron chi connectivity index (χ3n) is 3.75. The van der Waals surface area contributed by atoms with E-state index in [2.05, 4.69) is 24.1 Å². The largest absolute Gasteiger partial charge is 0.481 e. The minimum Gasteiger partial charge on any atom is -0.481 e. The van der Waals surface area contributed by atoms with Crippen LogP contribution in [-0.4, -0.2) is 76.2 Å². The first kappa shape index (κ1) is 17.2. The number of likely N-dealkylation sites (tertiary alicyclic amines) is 1. The summed E-state index contributed by atoms with van der Waals surface area (Å²) < 4.78 is 0. The fourth-order valence-electron chi connectivity index (χ4n) is 2.58. The lowest BCUT2D eigenvalue weighted by Gasteiger charge is -2.26. The van der Waals surface area contributed by atoms with Crippen LogP contribution in [0.15, 0.2) is 0 Å². The molecule has 0 aromatic rings. The van der Waals surface area contributed by atoms with Gasteiger partial charge in [0.05, 0.1) is 6.42 Å². The molecule has 8 nitrogen and oxygen atoms in total. The van der Waals surface area contributed by atoms with Crippen molar-refractivity contribution >= 4 is 18.0 Å². The molecule has 0 radical (unpaired) electrons. The summed E-state index contributed by atoms with van der Waals surface area (Å²) in [6, 6.07) is -1.64. The Labute approximate surface area is 123 Å². The molecular formula is C13H23N3O5. The Bertz CT molecular complexity index is 397. The van der Waals surface area contributed by atoms with Crippen molar-refractivity contribution in [3.8, 4) is 0 Å². The van der Waals surface area contributed by atoms with Gasteiger partial charge in [0.2, 0.25) is 0 Å². The molecule has 1 aliphatic heterocycles. The van der Waals surface area contributed by atoms with Crippen LogP contribution in [0.25, 0.3) is 0 Å². The van der Waals surface area contributed by atoms with Gasteiger partial charge in [0, 0.05) is 19.1 Å². The van der Waals surface area contributed by atoms with Gasteiger partial charge in [-0.15, -0.1) is 0 Å². The van der Waals surface area contributed by atoms with Crippen molar-refractivity contribution < 1.29 is 24.6 Å². The smallest absolute Gasteiger partial charge is 0.326 e. The van der Waals surface area contributed by atoms with E-state index < -0.39 is 30.4 Å². The number of rotatable bonds is 7. The summed E-state index contributed by atoms with van der Waals surface area (Å²) in [5.74, 6) is -2.60. The Morgan fingerprint density at radius 3 is 2.38 bits per heavy atom. The predicted octanol–water partition coefficient (Wildman–Crippen LogP) is 0.0400. The SMILES string of the molecule is CCN(CC)C1CCN(C(=O)N[C@@H](CC(=O)O)C(=O)O)C1. The number of carbonyl (C=O) groups excluding carboxylic acids is 1. The number of hydrogen-bond acceptors (Lipinski definition) is 4. The first-order chi connectivity index (χ1) is 9.88. The molecule has 1 heterocycles. The minimum absolute atomic E-state index is 0.272. The highest BCUT2D eigenvalue weighted by Crippen LogP contribution is 2.15. The van der Waals surface area contributed by atoms with E-state index in [1.807, 2.05) is 0 Å². The summed E-state index contributed by atoms with van der Waals surface area (Å²) in [5.41, 5.74) is 0. The van der Waals surface area contributed by atoms with Gasteiger partial charge >= 0.3 is 18.0 Å². The standard InChI is InChI=1S/C13H23N3O5/c1-3-15(4-2)9-5-6-16(8-9)13(21)14-10(12(19)20)7-11(17)18/h9-10H,3-8H2,1-2H3,(H,14,21)(H,17,18)(H,19,20)/t9?,10-/m0/s1. The molecule has 0 saturated carbocycles. The summed E-state index contributed by atoms with van der Waals surface area (Å²) in [6.07, 6.45) is 0.208. The van der Waals surface area contributed by atoms with Gasteiger partial charge in [-0.05, 0) is 19.5 Å². The van der Waals surface area contributed by atoms with Crippen molar-refractivity contribution in [3.63, 3.8) is 0 Å². The van der Waals surface area contributed by atoms with Crippen molar-refractivity contribution in [2.75, 3.05) is 26.2 Å². The van der Waals surface area contributed by atoms with Gasteiger partial charge in [-0.3, -0.25) is 9.69 Å². The number of nitrogens with one attached hydrogen (secondary N) is 1. The molecule has 1 fully saturated rings. The third-order valence-corrected chi connectivity index (χ3v) is 3.75. The number of hydrogen-bond donors (Lipinski definition) is 3. The molecule has 3 N–H and O–H groups in total. The zero-order valence-electron chi connectivity index (χ0n) is 12.4. The predicted molar refractivity (Wildman–Crippen MR) is 75.1 cm³/mol. The molecule has 0 aromatic carbocycles. The van der Waals surface area contributed by atoms with Crippen LogP contribution in [0.4, 0.5) is 4.79 Å². The fraction of sp³-hybridized carbons (Fsp3) is 0.769. The second-order valence-corrected chi connectivity index (χ2v) is 5.05. The number of urea groups is 1. The average molecular weight is 301 g/mol. The zero-order valence-corrected chi connectivity index (χ0v) is 12.4. The maximum absolute atomic E-state index is 12.0. The molecule has 0 bridgehead atoms. The van der Waals surface area contributed by atoms with Gasteiger partial charge in [0.15, 0.2) is 0 Å². The van der Waals surface area contributed by atoms with Gasteiger partial charge in [0.1, 0.15) is 6.04 Å². The van der Waals surface area contributed by atoms with Crippen molar-refractivity contribution in [1.82, 2.24) is 15.1 Å². The van der Waals surface area contributed by atoms with Crippen LogP contribution in [0.1, 0.15) is 26.7 Å². The van der Waals surface area contributed by atoms with Crippen molar-refractivity contribution in [2.45, 2.75) is 38.8 Å². The number of carbonyl (C=O) groups is 3. The molecule has 120 valence electrons. The zero-order chi connectivity index (χ0) is 16.0. The Morgan fingerprint density at radius 2 is 1.90 bits per heavy atom. The lowest BCUT2D eigenvalue weighted by molar-refractivity contribution is -0.145. The molecule has 0 aliphatic carbocycles. The molecule has 2 atom stereocenters. The maximum atomic E-state index is 12.0. The Morgan fingerprint density at radius 1 is 1.29 bits per heavy atom. The fourth-order valence-corrected chi connectivity index (χ4v) is 2.58. The summed E-state index contributed by atoms with van der Waals surface area (Å²) >= 11 is 0. The van der Waals surface area contributed by atoms with E-state index in [0.29, 0.717) is 13.1 Å². The second kappa shape index (κ2) is 7.82. The van der Waals surface area contributed by atoms with Crippen molar-refractivity contribution in [1.29, 1.82) is 0 Å². The Hall–Kier alpha value is -1.83. The highest BCUT2D eigenvalue weighted by Gasteiger charge is 2.31. The number of likely N-dealkylation sites (N-methyl/N-ethyl adjacent to an activating group) is 1. The summed E-state index contributed by atoms with van der Waals surface area (Å²) in [6.45, 7) is 6.99. The molecule has 0 spiro atoms. The quantitative estimate of drug-likeness (QED) is 0.612. The van der Waals surface area contributed by atoms with Gasteiger partial charge in [-0.25, -0.2) is 9.59 Å². The van der Waals surface area contributed by atoms with E-state index in [1.54, 1.807) is 4.90 Å². The highest BCUT2D eigenvalue weighted by molar-refractivity contribution is 5.86. The van der Waals surface area contributed by atoms with E-state index in [0.717, 1.165) is 19.5 Å². The van der Waals surface area contributed by atoms with Crippen LogP contribution in [-0.2, 0) is 9.59 Å². The third kappa shape index (κ3) is 4.89. The van der Waals surface area contributed by atoms with Crippen LogP contribution in [0.2, 0.25) is 0 Å². The van der Waals surface area contributed by atoms with Crippen molar-refractivity contribution in [3.05, 3.63) is 0 Å². The maximum Gasteiger partial charge on any atom is 0.326 e. The van der Waals surface area contributed by atoms with Gasteiger partial charge < -0.3 is 20.4 Å². The Balaban J connectivity index is 2.56. The van der Waals surface area contributed by atoms with Crippen LogP contribution in [0, 0.1) is 0 Å². The first-order valence-electron chi connectivity index (χ1n) is 7.13. The molecule has 1 aliphatic rings. The van der Waals surface area contributed by atoms with E-state index in [4.69, 9.17) is 10.2 Å². The molecule has 1 saturated heterocycles. The lowest BCUT2D eigenvalue weighted by Crippen LogP contribution is -2.49. The van der Waals surface area contributed by atoms with Crippen LogP contribution in [0.5, 0.6) is 0 Å². The van der Waals surface area contributed by atoms with E-state index in [1.165, 1.54) is 0 Å². The number of carboxylic acid groups (broad SMARTS) is 2. The number of amides is 2. The van der Waals surface area contributed by atoms with E-state index in [-0.39, 0.29) is 6.04 Å². The molecule has 8 heteroatoms. The number of nitrogens with zero attached hydrogens (tertiary/aromatic N) is 2. The summed E-state index contributed by atoms with van der Waals surface area (Å²) in [4.78, 5) is 37.4. The highest BCUT2D eigenvalue weighted by atomic mass is 16.4. The van der Waals surface area contributed by atoms with Crippen LogP contribution < -0.4 is 5.32 Å². The van der Waals surface area contributed by atoms with Gasteiger partial charge in [-0.1, -0.05) is 13.8 Å². The Kier molecular flexibility index (Phi) is 6.41. The first-order valence-corrected chi connectivity index (χ1v) is 7.13. The molecule has 21 heavy (non-hydrogen) atoms. The minimum atomic E-state index is -1.40. The summed E-state index contributed by atoms with van der Waals surface area (Å²) in [5, 5.41) is 19.9. The lowest BCUT2D eigenvalue weighted by atomic mass is 10.2. The number of aliphatic carboxylic acids is 2. The molecule has 1 rings (SSSR count). The monoisotopic (exact) mass is 301 g/mol. The van der Waals surface area contributed by atoms with Crippen LogP contribution in [0.3, 0.4) is 0 Å². The molecule has 2 amide bonds. The molecule has 0 aromatic heterocycles. The van der Waals surface area contributed by atoms with Crippen LogP contribution >= 0.6 is 0 Å².